The summed E-state index contributed by atoms with van der Waals surface area (Å²) in [5.41, 5.74) is 3.51. The molecule has 24 heavy (non-hydrogen) atoms. The Bertz CT molecular complexity index is 780. The molecule has 130 valence electrons. The lowest BCUT2D eigenvalue weighted by molar-refractivity contribution is -0.148. The molecule has 2 aliphatic rings. The summed E-state index contributed by atoms with van der Waals surface area (Å²) in [4.78, 5) is 12.8. The van der Waals surface area contributed by atoms with Gasteiger partial charge in [0.25, 0.3) is 0 Å². The third kappa shape index (κ3) is 3.31. The standard InChI is InChI=1S/C18H23NO4S/c1-11-4-6-15(7-5-11)24(21,22)19-18-17(20)16-9-13(3)12(2)8-14(16)10-23-18/h4-7,14,16,18-19H,8-10H2,1-3H3/t14?,16?,18-/m0/s1. The Hall–Kier alpha value is -1.50. The number of aryl methyl sites for hydroxylation is 1. The maximum atomic E-state index is 12.7. The number of hydrogen-bond acceptors (Lipinski definition) is 4. The minimum atomic E-state index is -3.78. The number of sulfonamides is 1. The van der Waals surface area contributed by atoms with Crippen molar-refractivity contribution in [3.8, 4) is 0 Å². The topological polar surface area (TPSA) is 72.5 Å². The molecular weight excluding hydrogens is 326 g/mol. The van der Waals surface area contributed by atoms with Crippen LogP contribution >= 0.6 is 0 Å². The molecule has 1 aromatic rings. The molecule has 5 nitrogen and oxygen atoms in total. The van der Waals surface area contributed by atoms with E-state index in [2.05, 4.69) is 11.6 Å². The third-order valence-corrected chi connectivity index (χ3v) is 6.50. The number of ether oxygens (including phenoxy) is 1. The van der Waals surface area contributed by atoms with Gasteiger partial charge in [-0.25, -0.2) is 8.42 Å². The van der Waals surface area contributed by atoms with E-state index in [-0.39, 0.29) is 22.5 Å². The number of fused-ring (bicyclic) bond motifs is 1. The first-order valence-corrected chi connectivity index (χ1v) is 9.66. The molecule has 1 saturated heterocycles. The van der Waals surface area contributed by atoms with Gasteiger partial charge in [0.15, 0.2) is 12.0 Å². The van der Waals surface area contributed by atoms with Gasteiger partial charge in [0.1, 0.15) is 0 Å². The molecule has 3 atom stereocenters. The molecule has 0 aromatic heterocycles. The quantitative estimate of drug-likeness (QED) is 0.851. The van der Waals surface area contributed by atoms with Gasteiger partial charge >= 0.3 is 0 Å². The molecule has 0 radical (unpaired) electrons. The van der Waals surface area contributed by atoms with E-state index >= 15 is 0 Å². The predicted octanol–water partition coefficient (Wildman–Crippen LogP) is 2.56. The Balaban J connectivity index is 1.77. The molecule has 0 bridgehead atoms. The van der Waals surface area contributed by atoms with Crippen molar-refractivity contribution < 1.29 is 17.9 Å². The SMILES string of the molecule is CC1=C(C)CC2C(=O)[C@@H](NS(=O)(=O)c3ccc(C)cc3)OCC2C1. The molecule has 2 unspecified atom stereocenters. The Morgan fingerprint density at radius 2 is 1.67 bits per heavy atom. The number of hydrogen-bond donors (Lipinski definition) is 1. The smallest absolute Gasteiger partial charge is 0.243 e. The van der Waals surface area contributed by atoms with E-state index in [1.54, 1.807) is 12.1 Å². The Morgan fingerprint density at radius 3 is 2.33 bits per heavy atom. The second kappa shape index (κ2) is 6.43. The summed E-state index contributed by atoms with van der Waals surface area (Å²) in [6.07, 6.45) is 0.449. The van der Waals surface area contributed by atoms with Crippen LogP contribution in [0.15, 0.2) is 40.3 Å². The monoisotopic (exact) mass is 349 g/mol. The largest absolute Gasteiger partial charge is 0.355 e. The van der Waals surface area contributed by atoms with Gasteiger partial charge in [-0.15, -0.1) is 0 Å². The third-order valence-electron chi connectivity index (χ3n) is 5.09. The van der Waals surface area contributed by atoms with Gasteiger partial charge in [-0.1, -0.05) is 28.8 Å². The number of carbonyl (C=O) groups is 1. The summed E-state index contributed by atoms with van der Waals surface area (Å²) in [6, 6.07) is 6.52. The second-order valence-electron chi connectivity index (χ2n) is 6.89. The fraction of sp³-hybridized carbons (Fsp3) is 0.500. The number of Topliss-reactive ketones (excluding diaryl/α,β-unsaturated/α-hetero) is 1. The van der Waals surface area contributed by atoms with Gasteiger partial charge in [0.05, 0.1) is 11.5 Å². The molecule has 1 heterocycles. The van der Waals surface area contributed by atoms with E-state index in [9.17, 15) is 13.2 Å². The van der Waals surface area contributed by atoms with E-state index in [0.29, 0.717) is 13.0 Å². The van der Waals surface area contributed by atoms with Crippen LogP contribution in [0.3, 0.4) is 0 Å². The molecule has 1 aromatic carbocycles. The van der Waals surface area contributed by atoms with Crippen LogP contribution in [0, 0.1) is 18.8 Å². The summed E-state index contributed by atoms with van der Waals surface area (Å²) in [7, 11) is -3.78. The molecule has 0 spiro atoms. The first kappa shape index (κ1) is 17.3. The Morgan fingerprint density at radius 1 is 1.04 bits per heavy atom. The first-order valence-electron chi connectivity index (χ1n) is 8.17. The molecule has 1 fully saturated rings. The summed E-state index contributed by atoms with van der Waals surface area (Å²) in [5.74, 6) is -0.164. The highest BCUT2D eigenvalue weighted by Gasteiger charge is 2.42. The van der Waals surface area contributed by atoms with E-state index in [1.165, 1.54) is 23.3 Å². The maximum absolute atomic E-state index is 12.7. The van der Waals surface area contributed by atoms with Gasteiger partial charge in [-0.3, -0.25) is 4.79 Å². The van der Waals surface area contributed by atoms with E-state index in [1.807, 2.05) is 13.8 Å². The zero-order chi connectivity index (χ0) is 17.5. The highest BCUT2D eigenvalue weighted by Crippen LogP contribution is 2.38. The fourth-order valence-electron chi connectivity index (χ4n) is 3.40. The van der Waals surface area contributed by atoms with Crippen molar-refractivity contribution in [2.24, 2.45) is 11.8 Å². The summed E-state index contributed by atoms with van der Waals surface area (Å²) in [5, 5.41) is 0. The van der Waals surface area contributed by atoms with Crippen LogP contribution in [0.1, 0.15) is 32.3 Å². The lowest BCUT2D eigenvalue weighted by Gasteiger charge is -2.38. The van der Waals surface area contributed by atoms with E-state index in [4.69, 9.17) is 4.74 Å². The summed E-state index contributed by atoms with van der Waals surface area (Å²) < 4.78 is 32.9. The van der Waals surface area contributed by atoms with Crippen molar-refractivity contribution in [1.82, 2.24) is 4.72 Å². The van der Waals surface area contributed by atoms with Crippen LogP contribution in [0.25, 0.3) is 0 Å². The number of allylic oxidation sites excluding steroid dienone is 2. The van der Waals surface area contributed by atoms with Crippen LogP contribution in [-0.2, 0) is 19.6 Å². The van der Waals surface area contributed by atoms with E-state index in [0.717, 1.165) is 12.0 Å². The van der Waals surface area contributed by atoms with Crippen molar-refractivity contribution in [2.75, 3.05) is 6.61 Å². The first-order chi connectivity index (χ1) is 11.3. The molecule has 0 saturated carbocycles. The van der Waals surface area contributed by atoms with Crippen LogP contribution in [0.2, 0.25) is 0 Å². The van der Waals surface area contributed by atoms with Gasteiger partial charge in [-0.2, -0.15) is 4.72 Å². The molecule has 1 N–H and O–H groups in total. The van der Waals surface area contributed by atoms with Crippen molar-refractivity contribution in [3.05, 3.63) is 41.0 Å². The molecule has 1 aliphatic heterocycles. The summed E-state index contributed by atoms with van der Waals surface area (Å²) in [6.45, 7) is 6.42. The molecule has 0 amide bonds. The van der Waals surface area contributed by atoms with Crippen LogP contribution in [0.4, 0.5) is 0 Å². The van der Waals surface area contributed by atoms with Gasteiger partial charge < -0.3 is 4.74 Å². The molecule has 1 aliphatic carbocycles. The molecule has 6 heteroatoms. The van der Waals surface area contributed by atoms with E-state index < -0.39 is 16.3 Å². The minimum Gasteiger partial charge on any atom is -0.355 e. The number of benzene rings is 1. The van der Waals surface area contributed by atoms with Gasteiger partial charge in [-0.05, 0) is 51.7 Å². The second-order valence-corrected chi connectivity index (χ2v) is 8.60. The number of carbonyl (C=O) groups excluding carboxylic acids is 1. The molecular formula is C18H23NO4S. The lowest BCUT2D eigenvalue weighted by atomic mass is 9.73. The van der Waals surface area contributed by atoms with Crippen LogP contribution in [-0.4, -0.2) is 27.0 Å². The zero-order valence-corrected chi connectivity index (χ0v) is 15.0. The van der Waals surface area contributed by atoms with Crippen molar-refractivity contribution in [1.29, 1.82) is 0 Å². The van der Waals surface area contributed by atoms with Crippen molar-refractivity contribution in [2.45, 2.75) is 44.7 Å². The van der Waals surface area contributed by atoms with Gasteiger partial charge in [0, 0.05) is 5.92 Å². The van der Waals surface area contributed by atoms with Gasteiger partial charge in [0.2, 0.25) is 10.0 Å². The van der Waals surface area contributed by atoms with Crippen LogP contribution < -0.4 is 4.72 Å². The van der Waals surface area contributed by atoms with Crippen molar-refractivity contribution in [3.63, 3.8) is 0 Å². The fourth-order valence-corrected chi connectivity index (χ4v) is 4.50. The predicted molar refractivity (Wildman–Crippen MR) is 90.8 cm³/mol. The Labute approximate surface area is 143 Å². The highest BCUT2D eigenvalue weighted by atomic mass is 32.2. The minimum absolute atomic E-state index is 0.141. The van der Waals surface area contributed by atoms with Crippen molar-refractivity contribution >= 4 is 15.8 Å². The summed E-state index contributed by atoms with van der Waals surface area (Å²) >= 11 is 0. The Kier molecular flexibility index (Phi) is 4.64. The number of rotatable bonds is 3. The molecule has 3 rings (SSSR count). The normalized spacial score (nSPS) is 28.0. The maximum Gasteiger partial charge on any atom is 0.243 e. The van der Waals surface area contributed by atoms with Crippen LogP contribution in [0.5, 0.6) is 0 Å². The average molecular weight is 349 g/mol. The number of nitrogens with one attached hydrogen (secondary N) is 1. The average Bonchev–Trinajstić information content (AvgIpc) is 2.53. The lowest BCUT2D eigenvalue weighted by Crippen LogP contribution is -2.52. The highest BCUT2D eigenvalue weighted by molar-refractivity contribution is 7.89. The number of ketones is 1. The zero-order valence-electron chi connectivity index (χ0n) is 14.2.